The van der Waals surface area contributed by atoms with Crippen LogP contribution >= 0.6 is 31.8 Å². The number of aromatic amines is 1. The fraction of sp³-hybridized carbons (Fsp3) is 0.450. The fourth-order valence-corrected chi connectivity index (χ4v) is 19.6. The third-order valence-corrected chi connectivity index (χ3v) is 29.3. The van der Waals surface area contributed by atoms with Crippen molar-refractivity contribution in [2.75, 3.05) is 19.9 Å². The first-order valence-electron chi connectivity index (χ1n) is 43.7. The van der Waals surface area contributed by atoms with Crippen molar-refractivity contribution in [2.45, 2.75) is 272 Å². The van der Waals surface area contributed by atoms with E-state index in [9.17, 15) is 0 Å². The van der Waals surface area contributed by atoms with E-state index in [0.717, 1.165) is 115 Å². The van der Waals surface area contributed by atoms with Crippen LogP contribution in [0, 0.1) is 0 Å². The molecule has 4 aliphatic carbocycles. The van der Waals surface area contributed by atoms with Crippen molar-refractivity contribution >= 4 is 65.7 Å². The molecule has 1 unspecified atom stereocenters. The van der Waals surface area contributed by atoms with E-state index < -0.39 is 15.8 Å². The van der Waals surface area contributed by atoms with Crippen LogP contribution < -0.4 is 37.0 Å². The average Bonchev–Trinajstić information content (AvgIpc) is 1.59. The quantitative estimate of drug-likeness (QED) is 0.106. The van der Waals surface area contributed by atoms with Crippen LogP contribution in [0.15, 0.2) is 193 Å². The number of aryl methyl sites for hydroxylation is 4. The second-order valence-corrected chi connectivity index (χ2v) is 43.4. The maximum Gasteiger partial charge on any atom is 2.00 e. The van der Waals surface area contributed by atoms with Crippen LogP contribution in [-0.4, -0.2) is 93.6 Å². The Morgan fingerprint density at radius 3 is 1.25 bits per heavy atom. The fourth-order valence-electron chi connectivity index (χ4n) is 15.8. The number of nitrogens with one attached hydrogen (secondary N) is 1. The molecular weight excluding hydrogens is 1770 g/mol. The SMILES string of the molecule is CC(C)(C)c1ccnc(-c2[n-]nc3c2CCCC3)c1.CC(C)(C)c1ccnc(-c2[n-]nc3c2CCCC3)c1.CC(C)(C)c1ccnc(-c2n[nH]c3c2CCCC3)c1.CC(C)(C)c1cnnc(Br)c1.CC1(C)OB(c2c3c(nn2C2CCCCO2)CCCC3)OC1(C)C.C[PH+](c1ccccc1)c1ccccc1.C[PH+](c1ccccc1)c1ccccc1.[Os+2]. The minimum atomic E-state index is -0.545. The molecule has 0 amide bonds. The summed E-state index contributed by atoms with van der Waals surface area (Å²) in [7, 11) is -1.44. The number of benzene rings is 4. The first-order chi connectivity index (χ1) is 57.3. The van der Waals surface area contributed by atoms with Gasteiger partial charge in [-0.2, -0.15) is 15.3 Å². The molecule has 638 valence electrons. The third-order valence-electron chi connectivity index (χ3n) is 24.1. The van der Waals surface area contributed by atoms with Gasteiger partial charge < -0.3 is 34.4 Å². The minimum absolute atomic E-state index is 0. The van der Waals surface area contributed by atoms with Crippen molar-refractivity contribution in [1.82, 2.24) is 65.5 Å². The number of ether oxygens (including phenoxy) is 1. The molecular formula is C100H129BBrN13O3OsP2+2. The van der Waals surface area contributed by atoms with Gasteiger partial charge in [0, 0.05) is 59.2 Å². The maximum atomic E-state index is 6.37. The van der Waals surface area contributed by atoms with E-state index in [0.29, 0.717) is 0 Å². The maximum absolute atomic E-state index is 6.37. The van der Waals surface area contributed by atoms with Crippen molar-refractivity contribution in [1.29, 1.82) is 0 Å². The first-order valence-corrected chi connectivity index (χ1v) is 48.5. The Bertz CT molecular complexity index is 4800. The molecule has 10 heterocycles. The van der Waals surface area contributed by atoms with E-state index in [1.165, 1.54) is 146 Å². The van der Waals surface area contributed by atoms with Crippen molar-refractivity contribution in [2.24, 2.45) is 0 Å². The predicted molar refractivity (Wildman–Crippen MR) is 504 cm³/mol. The zero-order chi connectivity index (χ0) is 85.4. The Balaban J connectivity index is 0.000000139. The summed E-state index contributed by atoms with van der Waals surface area (Å²) < 4.78 is 21.7. The Kier molecular flexibility index (Phi) is 32.8. The Morgan fingerprint density at radius 1 is 0.455 bits per heavy atom. The molecule has 2 aliphatic heterocycles. The molecule has 12 aromatic rings. The van der Waals surface area contributed by atoms with Gasteiger partial charge in [-0.25, -0.2) is 4.68 Å². The van der Waals surface area contributed by atoms with Crippen molar-refractivity contribution in [3.8, 4) is 34.2 Å². The summed E-state index contributed by atoms with van der Waals surface area (Å²) in [5.74, 6) is 0. The van der Waals surface area contributed by atoms with Gasteiger partial charge in [0.1, 0.15) is 16.5 Å². The average molecular weight is 1900 g/mol. The van der Waals surface area contributed by atoms with Crippen LogP contribution in [0.2, 0.25) is 0 Å². The summed E-state index contributed by atoms with van der Waals surface area (Å²) in [5.41, 5.74) is 22.4. The van der Waals surface area contributed by atoms with Gasteiger partial charge in [0.25, 0.3) is 0 Å². The third kappa shape index (κ3) is 24.8. The van der Waals surface area contributed by atoms with Crippen molar-refractivity contribution < 1.29 is 33.8 Å². The van der Waals surface area contributed by atoms with Gasteiger partial charge in [-0.1, -0.05) is 167 Å². The molecule has 1 N–H and O–H groups in total. The van der Waals surface area contributed by atoms with Crippen LogP contribution in [0.4, 0.5) is 0 Å². The van der Waals surface area contributed by atoms with E-state index in [1.54, 1.807) is 6.20 Å². The number of hydrogen-bond donors (Lipinski definition) is 1. The summed E-state index contributed by atoms with van der Waals surface area (Å²) in [6, 6.07) is 57.8. The number of hydrogen-bond acceptors (Lipinski definition) is 12. The number of pyridine rings is 3. The molecule has 2 saturated heterocycles. The Hall–Kier alpha value is -7.83. The molecule has 1 atom stereocenters. The molecule has 0 spiro atoms. The predicted octanol–water partition coefficient (Wildman–Crippen LogP) is 20.5. The van der Waals surface area contributed by atoms with E-state index in [1.807, 2.05) is 24.7 Å². The summed E-state index contributed by atoms with van der Waals surface area (Å²) in [5, 5.41) is 43.6. The van der Waals surface area contributed by atoms with E-state index in [2.05, 4.69) is 358 Å². The molecule has 6 aliphatic rings. The van der Waals surface area contributed by atoms with Crippen LogP contribution in [0.25, 0.3) is 34.2 Å². The van der Waals surface area contributed by atoms with Gasteiger partial charge in [0.15, 0.2) is 0 Å². The number of H-pyrrole nitrogens is 1. The second kappa shape index (κ2) is 42.2. The van der Waals surface area contributed by atoms with Crippen LogP contribution in [0.3, 0.4) is 0 Å². The van der Waals surface area contributed by atoms with E-state index in [-0.39, 0.29) is 66.0 Å². The standard InChI is InChI=1S/C18H29BN2O3.C16H21N3.2C16H20N3.2C13H13P.C8H11BrN2.Os/c1-17(2)18(3,4)24-19(23-17)16-13-9-5-6-10-14(13)20-21(16)15-11-7-8-12-22-15;3*1-16(2,3)11-8-9-17-14(10-11)15-12-6-4-5-7-13(12)18-19-15;2*1-14(12-8-4-2-5-9-12)13-10-6-3-7-11-13;1-8(2,3)6-4-7(9)11-10-5-6;/h15H,5-12H2,1-4H3;8-10H,4-7H2,1-3H3,(H,18,19);2*8-10H,4-7H2,1-3H3;2*2-11H,1H3;4-5H,1-3H3;/q;;2*-1;;;;+2/p+2. The number of rotatable bonds is 9. The summed E-state index contributed by atoms with van der Waals surface area (Å²) >= 11 is 3.28. The molecule has 0 bridgehead atoms. The molecule has 4 aromatic carbocycles. The minimum Gasteiger partial charge on any atom is -0.573 e. The van der Waals surface area contributed by atoms with Crippen LogP contribution in [0.1, 0.15) is 255 Å². The van der Waals surface area contributed by atoms with Gasteiger partial charge in [-0.05, 0) is 317 Å². The van der Waals surface area contributed by atoms with Crippen molar-refractivity contribution in [3.05, 3.63) is 260 Å². The van der Waals surface area contributed by atoms with Gasteiger partial charge in [0.2, 0.25) is 0 Å². The number of aromatic nitrogens is 13. The summed E-state index contributed by atoms with van der Waals surface area (Å²) in [6.45, 7) is 40.4. The number of halogens is 1. The van der Waals surface area contributed by atoms with Crippen molar-refractivity contribution in [3.63, 3.8) is 0 Å². The Morgan fingerprint density at radius 2 is 0.843 bits per heavy atom. The zero-order valence-electron chi connectivity index (χ0n) is 75.0. The van der Waals surface area contributed by atoms with Gasteiger partial charge in [-0.3, -0.25) is 20.1 Å². The zero-order valence-corrected chi connectivity index (χ0v) is 81.1. The number of nitrogens with zero attached hydrogens (tertiary/aromatic N) is 12. The molecule has 121 heavy (non-hydrogen) atoms. The second-order valence-electron chi connectivity index (χ2n) is 37.7. The molecule has 21 heteroatoms. The first kappa shape index (κ1) is 93.9. The molecule has 8 aromatic heterocycles. The van der Waals surface area contributed by atoms with Crippen LogP contribution in [0.5, 0.6) is 0 Å². The summed E-state index contributed by atoms with van der Waals surface area (Å²) in [4.78, 5) is 13.5. The molecule has 2 fully saturated rings. The molecule has 0 radical (unpaired) electrons. The Labute approximate surface area is 746 Å². The van der Waals surface area contributed by atoms with Crippen LogP contribution in [-0.2, 0) is 107 Å². The monoisotopic (exact) mass is 1900 g/mol. The normalized spacial score (nSPS) is 16.4. The smallest absolute Gasteiger partial charge is 0.573 e. The largest absolute Gasteiger partial charge is 2.00 e. The van der Waals surface area contributed by atoms with E-state index >= 15 is 0 Å². The van der Waals surface area contributed by atoms with Gasteiger partial charge in [-0.15, -0.1) is 5.10 Å². The molecule has 16 nitrogen and oxygen atoms in total. The number of fused-ring (bicyclic) bond motifs is 4. The topological polar surface area (TPSA) is 193 Å². The summed E-state index contributed by atoms with van der Waals surface area (Å²) in [6.07, 6.45) is 29.5. The van der Waals surface area contributed by atoms with E-state index in [4.69, 9.17) is 19.1 Å². The van der Waals surface area contributed by atoms with Gasteiger partial charge in [0.05, 0.1) is 84.8 Å². The van der Waals surface area contributed by atoms with Gasteiger partial charge >= 0.3 is 26.9 Å². The molecule has 18 rings (SSSR count). The molecule has 0 saturated carbocycles.